The molecule has 0 heterocycles. The van der Waals surface area contributed by atoms with Crippen LogP contribution in [0.5, 0.6) is 0 Å². The molecule has 1 atom stereocenters. The van der Waals surface area contributed by atoms with E-state index < -0.39 is 12.3 Å². The highest BCUT2D eigenvalue weighted by molar-refractivity contribution is 4.61. The van der Waals surface area contributed by atoms with Gasteiger partial charge in [-0.05, 0) is 27.7 Å². The molecule has 0 fully saturated rings. The zero-order valence-corrected chi connectivity index (χ0v) is 9.95. The summed E-state index contributed by atoms with van der Waals surface area (Å²) < 4.78 is 20.7. The van der Waals surface area contributed by atoms with Crippen molar-refractivity contribution in [2.45, 2.75) is 40.0 Å². The molecule has 1 unspecified atom stereocenters. The van der Waals surface area contributed by atoms with Gasteiger partial charge in [-0.15, -0.1) is 0 Å². The molecule has 91 valence electrons. The molecule has 1 radical (unpaired) electrons. The standard InChI is InChI=1S/C10H21O5/c1-5-12-9(11)10(13-6-2,14-7-3)15-8-4/h9H,5-8H2,1-4H3. The van der Waals surface area contributed by atoms with E-state index in [9.17, 15) is 5.11 Å². The van der Waals surface area contributed by atoms with Crippen molar-refractivity contribution in [1.29, 1.82) is 0 Å². The minimum Gasteiger partial charge on any atom is -0.344 e. The fourth-order valence-electron chi connectivity index (χ4n) is 1.19. The lowest BCUT2D eigenvalue weighted by Crippen LogP contribution is -2.50. The molecule has 5 heteroatoms. The van der Waals surface area contributed by atoms with Crippen molar-refractivity contribution in [3.8, 4) is 0 Å². The second-order valence-corrected chi connectivity index (χ2v) is 2.69. The second kappa shape index (κ2) is 8.01. The van der Waals surface area contributed by atoms with Gasteiger partial charge >= 0.3 is 5.97 Å². The van der Waals surface area contributed by atoms with E-state index in [1.807, 2.05) is 0 Å². The van der Waals surface area contributed by atoms with Crippen LogP contribution in [0.4, 0.5) is 0 Å². The molecule has 0 N–H and O–H groups in total. The highest BCUT2D eigenvalue weighted by atomic mass is 16.9. The van der Waals surface area contributed by atoms with Crippen molar-refractivity contribution in [2.24, 2.45) is 0 Å². The first-order chi connectivity index (χ1) is 7.16. The normalized spacial score (nSPS) is 14.2. The summed E-state index contributed by atoms with van der Waals surface area (Å²) in [7, 11) is 0. The van der Waals surface area contributed by atoms with Gasteiger partial charge in [-0.2, -0.15) is 5.11 Å². The van der Waals surface area contributed by atoms with Crippen molar-refractivity contribution in [3.05, 3.63) is 0 Å². The van der Waals surface area contributed by atoms with Gasteiger partial charge in [0, 0.05) is 26.4 Å². The molecule has 0 aromatic carbocycles. The fraction of sp³-hybridized carbons (Fsp3) is 1.00. The molecule has 0 aromatic heterocycles. The van der Waals surface area contributed by atoms with Crippen LogP contribution in [-0.2, 0) is 24.1 Å². The van der Waals surface area contributed by atoms with Gasteiger partial charge in [0.1, 0.15) is 0 Å². The molecule has 0 spiro atoms. The predicted octanol–water partition coefficient (Wildman–Crippen LogP) is 1.54. The lowest BCUT2D eigenvalue weighted by atomic mass is 10.5. The zero-order valence-electron chi connectivity index (χ0n) is 9.95. The Hall–Kier alpha value is -0.200. The largest absolute Gasteiger partial charge is 0.344 e. The molecule has 0 aromatic rings. The Morgan fingerprint density at radius 3 is 1.53 bits per heavy atom. The van der Waals surface area contributed by atoms with Gasteiger partial charge in [-0.3, -0.25) is 0 Å². The molecule has 0 amide bonds. The summed E-state index contributed by atoms with van der Waals surface area (Å²) in [6, 6.07) is 0. The Labute approximate surface area is 91.3 Å². The van der Waals surface area contributed by atoms with E-state index in [1.165, 1.54) is 0 Å². The smallest absolute Gasteiger partial charge is 0.340 e. The molecule has 15 heavy (non-hydrogen) atoms. The highest BCUT2D eigenvalue weighted by Crippen LogP contribution is 2.22. The topological polar surface area (TPSA) is 56.8 Å². The van der Waals surface area contributed by atoms with E-state index in [-0.39, 0.29) is 0 Å². The van der Waals surface area contributed by atoms with E-state index in [0.717, 1.165) is 0 Å². The van der Waals surface area contributed by atoms with Gasteiger partial charge in [0.25, 0.3) is 6.29 Å². The van der Waals surface area contributed by atoms with Crippen molar-refractivity contribution >= 4 is 0 Å². The summed E-state index contributed by atoms with van der Waals surface area (Å²) in [6.45, 7) is 8.31. The first kappa shape index (κ1) is 14.8. The maximum atomic E-state index is 11.7. The van der Waals surface area contributed by atoms with Gasteiger partial charge in [0.15, 0.2) is 0 Å². The quantitative estimate of drug-likeness (QED) is 0.554. The molecule has 0 saturated carbocycles. The van der Waals surface area contributed by atoms with Gasteiger partial charge in [0.05, 0.1) is 0 Å². The SMILES string of the molecule is CCOC([O])C(OCC)(OCC)OCC. The lowest BCUT2D eigenvalue weighted by Gasteiger charge is -2.34. The molecular weight excluding hydrogens is 200 g/mol. The summed E-state index contributed by atoms with van der Waals surface area (Å²) >= 11 is 0. The van der Waals surface area contributed by atoms with E-state index in [0.29, 0.717) is 26.4 Å². The molecular formula is C10H21O5. The van der Waals surface area contributed by atoms with Crippen LogP contribution in [0.25, 0.3) is 0 Å². The third-order valence-electron chi connectivity index (χ3n) is 1.64. The lowest BCUT2D eigenvalue weighted by molar-refractivity contribution is -0.456. The fourth-order valence-corrected chi connectivity index (χ4v) is 1.19. The second-order valence-electron chi connectivity index (χ2n) is 2.69. The average Bonchev–Trinajstić information content (AvgIpc) is 2.19. The summed E-state index contributed by atoms with van der Waals surface area (Å²) in [5.41, 5.74) is 0. The van der Waals surface area contributed by atoms with Crippen molar-refractivity contribution in [2.75, 3.05) is 26.4 Å². The Bertz CT molecular complexity index is 134. The Morgan fingerprint density at radius 1 is 0.867 bits per heavy atom. The minimum atomic E-state index is -1.62. The van der Waals surface area contributed by atoms with Crippen LogP contribution in [0, 0.1) is 0 Å². The third-order valence-corrected chi connectivity index (χ3v) is 1.64. The third kappa shape index (κ3) is 4.44. The van der Waals surface area contributed by atoms with E-state index in [4.69, 9.17) is 18.9 Å². The van der Waals surface area contributed by atoms with Crippen LogP contribution in [0.1, 0.15) is 27.7 Å². The van der Waals surface area contributed by atoms with E-state index in [2.05, 4.69) is 0 Å². The minimum absolute atomic E-state index is 0.295. The molecule has 5 nitrogen and oxygen atoms in total. The Morgan fingerprint density at radius 2 is 1.27 bits per heavy atom. The predicted molar refractivity (Wildman–Crippen MR) is 53.7 cm³/mol. The molecule has 0 bridgehead atoms. The maximum Gasteiger partial charge on any atom is 0.340 e. The average molecular weight is 221 g/mol. The molecule has 0 aliphatic heterocycles. The summed E-state index contributed by atoms with van der Waals surface area (Å²) in [4.78, 5) is 0. The first-order valence-corrected chi connectivity index (χ1v) is 5.36. The van der Waals surface area contributed by atoms with Crippen LogP contribution in [0.2, 0.25) is 0 Å². The molecule has 0 saturated heterocycles. The number of ether oxygens (including phenoxy) is 4. The highest BCUT2D eigenvalue weighted by Gasteiger charge is 2.43. The Kier molecular flexibility index (Phi) is 7.90. The van der Waals surface area contributed by atoms with Crippen molar-refractivity contribution < 1.29 is 24.1 Å². The van der Waals surface area contributed by atoms with Crippen LogP contribution in [-0.4, -0.2) is 38.7 Å². The number of rotatable bonds is 9. The monoisotopic (exact) mass is 221 g/mol. The summed E-state index contributed by atoms with van der Waals surface area (Å²) in [6.07, 6.45) is -1.50. The summed E-state index contributed by atoms with van der Waals surface area (Å²) in [5, 5.41) is 11.7. The van der Waals surface area contributed by atoms with Crippen LogP contribution < -0.4 is 0 Å². The van der Waals surface area contributed by atoms with Gasteiger partial charge in [-0.25, -0.2) is 0 Å². The van der Waals surface area contributed by atoms with Crippen LogP contribution in [0.15, 0.2) is 0 Å². The summed E-state index contributed by atoms with van der Waals surface area (Å²) in [5.74, 6) is -1.62. The zero-order chi connectivity index (χ0) is 11.7. The van der Waals surface area contributed by atoms with Crippen molar-refractivity contribution in [1.82, 2.24) is 0 Å². The number of hydrogen-bond donors (Lipinski definition) is 0. The van der Waals surface area contributed by atoms with E-state index >= 15 is 0 Å². The van der Waals surface area contributed by atoms with Gasteiger partial charge in [-0.1, -0.05) is 0 Å². The molecule has 0 rings (SSSR count). The first-order valence-electron chi connectivity index (χ1n) is 5.36. The van der Waals surface area contributed by atoms with Gasteiger partial charge < -0.3 is 18.9 Å². The van der Waals surface area contributed by atoms with Crippen molar-refractivity contribution in [3.63, 3.8) is 0 Å². The van der Waals surface area contributed by atoms with Crippen LogP contribution >= 0.6 is 0 Å². The maximum absolute atomic E-state index is 11.7. The molecule has 0 aliphatic carbocycles. The van der Waals surface area contributed by atoms with Crippen LogP contribution in [0.3, 0.4) is 0 Å². The molecule has 0 aliphatic rings. The number of hydrogen-bond acceptors (Lipinski definition) is 4. The van der Waals surface area contributed by atoms with Gasteiger partial charge in [0.2, 0.25) is 0 Å². The van der Waals surface area contributed by atoms with E-state index in [1.54, 1.807) is 27.7 Å². The Balaban J connectivity index is 4.57.